The number of aliphatic hydroxyl groups excluding tert-OH is 1. The van der Waals surface area contributed by atoms with Crippen molar-refractivity contribution in [2.24, 2.45) is 5.92 Å². The number of para-hydroxylation sites is 1. The normalized spacial score (nSPS) is 21.9. The van der Waals surface area contributed by atoms with Crippen LogP contribution in [0.25, 0.3) is 10.9 Å². The fraction of sp³-hybridized carbons (Fsp3) is 0.400. The zero-order chi connectivity index (χ0) is 12.4. The zero-order valence-corrected chi connectivity index (χ0v) is 10.2. The first kappa shape index (κ1) is 11.6. The van der Waals surface area contributed by atoms with Crippen molar-refractivity contribution in [1.82, 2.24) is 4.98 Å². The molecule has 0 saturated carbocycles. The number of nitrogens with zero attached hydrogens (tertiary/aromatic N) is 1. The number of fused-ring (bicyclic) bond motifs is 1. The lowest BCUT2D eigenvalue weighted by Crippen LogP contribution is -2.23. The highest BCUT2D eigenvalue weighted by atomic mass is 16.5. The van der Waals surface area contributed by atoms with Crippen molar-refractivity contribution in [1.29, 1.82) is 0 Å². The van der Waals surface area contributed by atoms with E-state index in [1.807, 2.05) is 30.3 Å². The average molecular weight is 243 g/mol. The minimum Gasteiger partial charge on any atom is -0.388 e. The molecule has 0 spiro atoms. The number of hydrogen-bond donors (Lipinski definition) is 1. The van der Waals surface area contributed by atoms with Crippen molar-refractivity contribution in [2.45, 2.75) is 18.9 Å². The van der Waals surface area contributed by atoms with Crippen molar-refractivity contribution >= 4 is 10.9 Å². The highest BCUT2D eigenvalue weighted by Gasteiger charge is 2.24. The van der Waals surface area contributed by atoms with Gasteiger partial charge in [0.25, 0.3) is 0 Å². The van der Waals surface area contributed by atoms with E-state index in [-0.39, 0.29) is 5.92 Å². The van der Waals surface area contributed by atoms with Crippen molar-refractivity contribution in [3.8, 4) is 0 Å². The third kappa shape index (κ3) is 2.24. The van der Waals surface area contributed by atoms with Gasteiger partial charge < -0.3 is 9.84 Å². The molecule has 2 heterocycles. The molecule has 1 aliphatic rings. The van der Waals surface area contributed by atoms with Crippen molar-refractivity contribution < 1.29 is 9.84 Å². The Balaban J connectivity index is 1.88. The van der Waals surface area contributed by atoms with Crippen LogP contribution in [0.4, 0.5) is 0 Å². The first-order valence-electron chi connectivity index (χ1n) is 6.45. The van der Waals surface area contributed by atoms with Crippen LogP contribution in [-0.2, 0) is 4.74 Å². The predicted octanol–water partition coefficient (Wildman–Crippen LogP) is 2.69. The lowest BCUT2D eigenvalue weighted by Gasteiger charge is -2.26. The van der Waals surface area contributed by atoms with Gasteiger partial charge in [-0.2, -0.15) is 0 Å². The Morgan fingerprint density at radius 3 is 3.06 bits per heavy atom. The largest absolute Gasteiger partial charge is 0.388 e. The summed E-state index contributed by atoms with van der Waals surface area (Å²) in [6.45, 7) is 1.47. The van der Waals surface area contributed by atoms with Gasteiger partial charge in [0.05, 0.1) is 18.2 Å². The van der Waals surface area contributed by atoms with E-state index in [1.54, 1.807) is 6.20 Å². The molecule has 3 heteroatoms. The number of aliphatic hydroxyl groups is 1. The maximum absolute atomic E-state index is 10.4. The molecular formula is C15H17NO2. The maximum Gasteiger partial charge on any atom is 0.0855 e. The van der Waals surface area contributed by atoms with Crippen LogP contribution in [0.15, 0.2) is 36.5 Å². The van der Waals surface area contributed by atoms with Gasteiger partial charge >= 0.3 is 0 Å². The van der Waals surface area contributed by atoms with Gasteiger partial charge in [0.2, 0.25) is 0 Å². The third-order valence-electron chi connectivity index (χ3n) is 3.60. The van der Waals surface area contributed by atoms with E-state index in [4.69, 9.17) is 4.74 Å². The second-order valence-corrected chi connectivity index (χ2v) is 4.88. The average Bonchev–Trinajstić information content (AvgIpc) is 2.47. The second kappa shape index (κ2) is 5.04. The van der Waals surface area contributed by atoms with E-state index < -0.39 is 6.10 Å². The summed E-state index contributed by atoms with van der Waals surface area (Å²) in [6, 6.07) is 10.00. The fourth-order valence-corrected chi connectivity index (χ4v) is 2.54. The number of rotatable bonds is 2. The summed E-state index contributed by atoms with van der Waals surface area (Å²) >= 11 is 0. The minimum absolute atomic E-state index is 0.196. The summed E-state index contributed by atoms with van der Waals surface area (Å²) in [4.78, 5) is 4.40. The molecule has 1 fully saturated rings. The number of hydrogen-bond acceptors (Lipinski definition) is 3. The molecule has 2 atom stereocenters. The summed E-state index contributed by atoms with van der Waals surface area (Å²) in [6.07, 6.45) is 3.36. The van der Waals surface area contributed by atoms with Crippen molar-refractivity contribution in [2.75, 3.05) is 13.2 Å². The molecule has 0 amide bonds. The Labute approximate surface area is 106 Å². The molecule has 3 nitrogen and oxygen atoms in total. The van der Waals surface area contributed by atoms with Gasteiger partial charge in [0.15, 0.2) is 0 Å². The minimum atomic E-state index is -0.470. The molecule has 1 aromatic carbocycles. The molecule has 2 aromatic rings. The Kier molecular flexibility index (Phi) is 3.26. The summed E-state index contributed by atoms with van der Waals surface area (Å²) in [5.41, 5.74) is 1.86. The van der Waals surface area contributed by atoms with Gasteiger partial charge in [-0.1, -0.05) is 18.2 Å². The first-order valence-corrected chi connectivity index (χ1v) is 6.45. The molecule has 1 aliphatic heterocycles. The number of ether oxygens (including phenoxy) is 1. The summed E-state index contributed by atoms with van der Waals surface area (Å²) < 4.78 is 5.43. The number of benzene rings is 1. The van der Waals surface area contributed by atoms with E-state index >= 15 is 0 Å². The zero-order valence-electron chi connectivity index (χ0n) is 10.2. The van der Waals surface area contributed by atoms with Crippen LogP contribution in [0.2, 0.25) is 0 Å². The number of pyridine rings is 1. The van der Waals surface area contributed by atoms with Crippen molar-refractivity contribution in [3.63, 3.8) is 0 Å². The molecule has 1 saturated heterocycles. The maximum atomic E-state index is 10.4. The van der Waals surface area contributed by atoms with Gasteiger partial charge in [-0.25, -0.2) is 0 Å². The molecule has 2 unspecified atom stereocenters. The Bertz CT molecular complexity index is 535. The quantitative estimate of drug-likeness (QED) is 0.881. The van der Waals surface area contributed by atoms with Crippen LogP contribution in [-0.4, -0.2) is 23.3 Å². The smallest absolute Gasteiger partial charge is 0.0855 e. The first-order chi connectivity index (χ1) is 8.84. The van der Waals surface area contributed by atoms with Gasteiger partial charge in [0, 0.05) is 24.1 Å². The van der Waals surface area contributed by atoms with Crippen LogP contribution in [0, 0.1) is 5.92 Å². The number of aromatic nitrogens is 1. The van der Waals surface area contributed by atoms with E-state index in [9.17, 15) is 5.11 Å². The predicted molar refractivity (Wildman–Crippen MR) is 70.2 cm³/mol. The van der Waals surface area contributed by atoms with Gasteiger partial charge in [-0.15, -0.1) is 0 Å². The van der Waals surface area contributed by atoms with Crippen LogP contribution in [0.3, 0.4) is 0 Å². The summed E-state index contributed by atoms with van der Waals surface area (Å²) in [5.74, 6) is 0.196. The van der Waals surface area contributed by atoms with E-state index in [0.29, 0.717) is 6.61 Å². The molecule has 0 aliphatic carbocycles. The molecule has 1 aromatic heterocycles. The van der Waals surface area contributed by atoms with Gasteiger partial charge in [0.1, 0.15) is 0 Å². The SMILES string of the molecule is OC(c1cnc2ccccc2c1)C1CCCOC1. The van der Waals surface area contributed by atoms with Crippen molar-refractivity contribution in [3.05, 3.63) is 42.1 Å². The molecular weight excluding hydrogens is 226 g/mol. The van der Waals surface area contributed by atoms with Crippen LogP contribution in [0.5, 0.6) is 0 Å². The van der Waals surface area contributed by atoms with Crippen LogP contribution < -0.4 is 0 Å². The standard InChI is InChI=1S/C15H17NO2/c17-15(12-5-3-7-18-10-12)13-8-11-4-1-2-6-14(11)16-9-13/h1-2,4,6,8-9,12,15,17H,3,5,7,10H2. The van der Waals surface area contributed by atoms with Crippen LogP contribution in [0.1, 0.15) is 24.5 Å². The fourth-order valence-electron chi connectivity index (χ4n) is 2.54. The lowest BCUT2D eigenvalue weighted by molar-refractivity contribution is -0.0100. The monoisotopic (exact) mass is 243 g/mol. The third-order valence-corrected chi connectivity index (χ3v) is 3.60. The molecule has 18 heavy (non-hydrogen) atoms. The summed E-state index contributed by atoms with van der Waals surface area (Å²) in [5, 5.41) is 11.5. The molecule has 0 radical (unpaired) electrons. The summed E-state index contributed by atoms with van der Waals surface area (Å²) in [7, 11) is 0. The Morgan fingerprint density at radius 2 is 2.22 bits per heavy atom. The molecule has 0 bridgehead atoms. The lowest BCUT2D eigenvalue weighted by atomic mass is 9.91. The second-order valence-electron chi connectivity index (χ2n) is 4.88. The Hall–Kier alpha value is -1.45. The van der Waals surface area contributed by atoms with Crippen LogP contribution >= 0.6 is 0 Å². The van der Waals surface area contributed by atoms with E-state index in [2.05, 4.69) is 4.98 Å². The van der Waals surface area contributed by atoms with E-state index in [1.165, 1.54) is 0 Å². The van der Waals surface area contributed by atoms with Gasteiger partial charge in [-0.3, -0.25) is 4.98 Å². The molecule has 1 N–H and O–H groups in total. The van der Waals surface area contributed by atoms with Gasteiger partial charge in [-0.05, 0) is 30.5 Å². The molecule has 94 valence electrons. The Morgan fingerprint density at radius 1 is 1.33 bits per heavy atom. The highest BCUT2D eigenvalue weighted by molar-refractivity contribution is 5.78. The topological polar surface area (TPSA) is 42.4 Å². The van der Waals surface area contributed by atoms with E-state index in [0.717, 1.165) is 35.9 Å². The molecule has 3 rings (SSSR count). The highest BCUT2D eigenvalue weighted by Crippen LogP contribution is 2.29.